The fourth-order valence-corrected chi connectivity index (χ4v) is 7.66. The van der Waals surface area contributed by atoms with Crippen LogP contribution >= 0.6 is 11.6 Å². The first-order valence-electron chi connectivity index (χ1n) is 10.4. The molecule has 2 aliphatic carbocycles. The van der Waals surface area contributed by atoms with Crippen molar-refractivity contribution < 1.29 is 8.42 Å². The first-order valence-corrected chi connectivity index (χ1v) is 12.3. The van der Waals surface area contributed by atoms with Gasteiger partial charge in [0.15, 0.2) is 0 Å². The summed E-state index contributed by atoms with van der Waals surface area (Å²) in [5, 5.41) is 0.614. The van der Waals surface area contributed by atoms with E-state index in [1.54, 1.807) is 24.3 Å². The molecule has 2 aromatic carbocycles. The summed E-state index contributed by atoms with van der Waals surface area (Å²) in [7, 11) is -3.55. The van der Waals surface area contributed by atoms with Crippen molar-refractivity contribution in [3.05, 3.63) is 58.6 Å². The number of halogens is 1. The molecule has 0 aromatic heterocycles. The highest BCUT2D eigenvalue weighted by Gasteiger charge is 2.35. The number of sulfone groups is 1. The second kappa shape index (κ2) is 7.84. The molecule has 0 radical (unpaired) electrons. The second-order valence-electron chi connectivity index (χ2n) is 9.11. The monoisotopic (exact) mass is 416 g/mol. The summed E-state index contributed by atoms with van der Waals surface area (Å²) < 4.78 is 26.8. The Hall–Kier alpha value is -1.32. The molecule has 0 spiro atoms. The van der Waals surface area contributed by atoms with Gasteiger partial charge in [-0.05, 0) is 105 Å². The summed E-state index contributed by atoms with van der Waals surface area (Å²) in [6.45, 7) is 4.23. The molecule has 0 aliphatic heterocycles. The Balaban J connectivity index is 1.66. The third kappa shape index (κ3) is 4.02. The Labute approximate surface area is 174 Å². The zero-order valence-corrected chi connectivity index (χ0v) is 18.3. The van der Waals surface area contributed by atoms with Gasteiger partial charge in [0, 0.05) is 5.02 Å². The molecule has 2 aromatic rings. The number of benzene rings is 2. The smallest absolute Gasteiger partial charge is 0.207 e. The largest absolute Gasteiger partial charge is 0.218 e. The molecule has 2 aliphatic rings. The lowest BCUT2D eigenvalue weighted by atomic mass is 9.64. The number of hydrogen-bond donors (Lipinski definition) is 0. The molecule has 2 saturated carbocycles. The highest BCUT2D eigenvalue weighted by molar-refractivity contribution is 7.91. The number of hydrogen-bond acceptors (Lipinski definition) is 2. The third-order valence-electron chi connectivity index (χ3n) is 6.68. The average molecular weight is 417 g/mol. The van der Waals surface area contributed by atoms with Gasteiger partial charge in [0.1, 0.15) is 0 Å². The zero-order valence-electron chi connectivity index (χ0n) is 16.7. The van der Waals surface area contributed by atoms with E-state index in [0.717, 1.165) is 35.3 Å². The summed E-state index contributed by atoms with van der Waals surface area (Å²) in [6.07, 6.45) is 7.27. The minimum atomic E-state index is -3.55. The van der Waals surface area contributed by atoms with Crippen LogP contribution in [0.25, 0.3) is 0 Å². The predicted molar refractivity (Wildman–Crippen MR) is 115 cm³/mol. The van der Waals surface area contributed by atoms with Crippen LogP contribution in [0.3, 0.4) is 0 Å². The quantitative estimate of drug-likeness (QED) is 0.571. The van der Waals surface area contributed by atoms with E-state index in [9.17, 15) is 8.42 Å². The maximum atomic E-state index is 13.4. The highest BCUT2D eigenvalue weighted by Crippen LogP contribution is 2.46. The normalized spacial score (nSPS) is 27.5. The second-order valence-corrected chi connectivity index (χ2v) is 11.4. The van der Waals surface area contributed by atoms with Crippen molar-refractivity contribution in [1.82, 2.24) is 0 Å². The summed E-state index contributed by atoms with van der Waals surface area (Å²) in [6, 6.07) is 12.5. The minimum absolute atomic E-state index is 0.396. The zero-order chi connectivity index (χ0) is 19.9. The van der Waals surface area contributed by atoms with Gasteiger partial charge in [-0.2, -0.15) is 0 Å². The van der Waals surface area contributed by atoms with Gasteiger partial charge in [-0.3, -0.25) is 0 Å². The molecule has 0 N–H and O–H groups in total. The molecule has 2 bridgehead atoms. The van der Waals surface area contributed by atoms with Crippen LogP contribution in [0.1, 0.15) is 50.2 Å². The van der Waals surface area contributed by atoms with Gasteiger partial charge in [0.2, 0.25) is 9.84 Å². The van der Waals surface area contributed by atoms with E-state index in [1.165, 1.54) is 32.1 Å². The van der Waals surface area contributed by atoms with Gasteiger partial charge in [-0.15, -0.1) is 0 Å². The highest BCUT2D eigenvalue weighted by atomic mass is 35.5. The van der Waals surface area contributed by atoms with Crippen LogP contribution in [0.2, 0.25) is 5.02 Å². The van der Waals surface area contributed by atoms with Crippen LogP contribution in [0.5, 0.6) is 0 Å². The van der Waals surface area contributed by atoms with Gasteiger partial charge in [0.25, 0.3) is 0 Å². The average Bonchev–Trinajstić information content (AvgIpc) is 2.60. The lowest BCUT2D eigenvalue weighted by molar-refractivity contribution is 0.103. The van der Waals surface area contributed by atoms with Gasteiger partial charge in [0.05, 0.1) is 9.79 Å². The van der Waals surface area contributed by atoms with Gasteiger partial charge < -0.3 is 0 Å². The van der Waals surface area contributed by atoms with Crippen LogP contribution in [0.4, 0.5) is 0 Å². The molecule has 0 heterocycles. The molecule has 150 valence electrons. The van der Waals surface area contributed by atoms with Crippen molar-refractivity contribution in [2.45, 2.75) is 62.2 Å². The van der Waals surface area contributed by atoms with Crippen LogP contribution in [-0.4, -0.2) is 8.42 Å². The van der Waals surface area contributed by atoms with E-state index in [-0.39, 0.29) is 0 Å². The molecule has 0 saturated heterocycles. The molecule has 4 atom stereocenters. The molecule has 28 heavy (non-hydrogen) atoms. The van der Waals surface area contributed by atoms with Crippen molar-refractivity contribution in [3.8, 4) is 0 Å². The summed E-state index contributed by atoms with van der Waals surface area (Å²) >= 11 is 6.28. The molecule has 2 fully saturated rings. The maximum Gasteiger partial charge on any atom is 0.207 e. The van der Waals surface area contributed by atoms with Crippen molar-refractivity contribution in [2.24, 2.45) is 23.7 Å². The molecule has 0 amide bonds. The van der Waals surface area contributed by atoms with E-state index in [1.807, 2.05) is 25.1 Å². The van der Waals surface area contributed by atoms with Crippen LogP contribution in [0, 0.1) is 30.6 Å². The molecule has 4 rings (SSSR count). The van der Waals surface area contributed by atoms with E-state index in [4.69, 9.17) is 11.6 Å². The van der Waals surface area contributed by atoms with Crippen LogP contribution in [0.15, 0.2) is 52.3 Å². The van der Waals surface area contributed by atoms with Gasteiger partial charge in [-0.1, -0.05) is 36.7 Å². The Morgan fingerprint density at radius 2 is 1.61 bits per heavy atom. The summed E-state index contributed by atoms with van der Waals surface area (Å²) in [5.74, 6) is 3.01. The van der Waals surface area contributed by atoms with Gasteiger partial charge >= 0.3 is 0 Å². The Kier molecular flexibility index (Phi) is 5.59. The first kappa shape index (κ1) is 20.0. The van der Waals surface area contributed by atoms with Crippen molar-refractivity contribution in [2.75, 3.05) is 0 Å². The van der Waals surface area contributed by atoms with Gasteiger partial charge in [-0.25, -0.2) is 8.42 Å². The molecular formula is C24H29ClO2S. The number of aryl methyl sites for hydroxylation is 1. The maximum absolute atomic E-state index is 13.4. The molecule has 0 unspecified atom stereocenters. The Morgan fingerprint density at radius 1 is 0.929 bits per heavy atom. The van der Waals surface area contributed by atoms with Crippen LogP contribution < -0.4 is 0 Å². The predicted octanol–water partition coefficient (Wildman–Crippen LogP) is 6.49. The molecular weight excluding hydrogens is 388 g/mol. The summed E-state index contributed by atoms with van der Waals surface area (Å²) in [5.41, 5.74) is 1.67. The third-order valence-corrected chi connectivity index (χ3v) is 8.92. The number of rotatable bonds is 4. The first-order chi connectivity index (χ1) is 13.3. The fraction of sp³-hybridized carbons (Fsp3) is 0.500. The summed E-state index contributed by atoms with van der Waals surface area (Å²) in [4.78, 5) is 0.822. The van der Waals surface area contributed by atoms with Crippen molar-refractivity contribution in [1.29, 1.82) is 0 Å². The standard InChI is InChI=1S/C24H29ClO2S/c1-16-9-18-11-19(10-16)13-20(12-18)14-21-15-22(25)7-8-24(21)28(26,27)23-6-4-3-5-17(23)2/h3-8,15-16,18-20H,9-14H2,1-2H3/t16-,18+,19-,20+. The lowest BCUT2D eigenvalue weighted by Gasteiger charge is -2.42. The Morgan fingerprint density at radius 3 is 2.29 bits per heavy atom. The lowest BCUT2D eigenvalue weighted by Crippen LogP contribution is -2.31. The molecule has 2 nitrogen and oxygen atoms in total. The topological polar surface area (TPSA) is 34.1 Å². The Bertz CT molecular complexity index is 948. The number of fused-ring (bicyclic) bond motifs is 2. The van der Waals surface area contributed by atoms with E-state index < -0.39 is 9.84 Å². The molecule has 4 heteroatoms. The minimum Gasteiger partial charge on any atom is -0.218 e. The van der Waals surface area contributed by atoms with Crippen LogP contribution in [-0.2, 0) is 16.3 Å². The van der Waals surface area contributed by atoms with E-state index in [0.29, 0.717) is 20.7 Å². The van der Waals surface area contributed by atoms with E-state index >= 15 is 0 Å². The van der Waals surface area contributed by atoms with Crippen molar-refractivity contribution >= 4 is 21.4 Å². The van der Waals surface area contributed by atoms with Crippen molar-refractivity contribution in [3.63, 3.8) is 0 Å². The fourth-order valence-electron chi connectivity index (χ4n) is 5.75. The van der Waals surface area contributed by atoms with E-state index in [2.05, 4.69) is 6.92 Å². The SMILES string of the molecule is Cc1ccccc1S(=O)(=O)c1ccc(Cl)cc1C[C@H]1C[C@H]2C[C@@H](C)C[C@@H](C1)C2.